The summed E-state index contributed by atoms with van der Waals surface area (Å²) >= 11 is 1.55. The van der Waals surface area contributed by atoms with Crippen molar-refractivity contribution in [3.8, 4) is 0 Å². The molecule has 2 aromatic rings. The number of carboxylic acids is 1. The van der Waals surface area contributed by atoms with Gasteiger partial charge in [-0.25, -0.2) is 13.6 Å². The van der Waals surface area contributed by atoms with Crippen molar-refractivity contribution in [3.63, 3.8) is 0 Å². The first-order valence-corrected chi connectivity index (χ1v) is 6.87. The zero-order valence-corrected chi connectivity index (χ0v) is 11.3. The van der Waals surface area contributed by atoms with Crippen molar-refractivity contribution in [2.45, 2.75) is 4.90 Å². The topological polar surface area (TPSA) is 49.3 Å². The molecule has 0 aromatic heterocycles. The lowest BCUT2D eigenvalue weighted by atomic mass is 10.2. The van der Waals surface area contributed by atoms with Crippen molar-refractivity contribution in [1.82, 2.24) is 0 Å². The van der Waals surface area contributed by atoms with E-state index in [0.29, 0.717) is 5.69 Å². The highest BCUT2D eigenvalue weighted by atomic mass is 32.2. The molecule has 2 aromatic carbocycles. The Balaban J connectivity index is 2.30. The second-order valence-electron chi connectivity index (χ2n) is 3.97. The molecule has 104 valence electrons. The lowest BCUT2D eigenvalue weighted by Gasteiger charge is -2.10. The standard InChI is InChI=1S/C14H11F2NO2S/c1-20-10-4-2-9(3-5-10)17-13-11(15)6-8(14(18)19)7-12(13)16/h2-7,17H,1H3,(H,18,19). The van der Waals surface area contributed by atoms with Crippen LogP contribution in [0.1, 0.15) is 10.4 Å². The van der Waals surface area contributed by atoms with Crippen LogP contribution in [0.4, 0.5) is 20.2 Å². The number of carbonyl (C=O) groups is 1. The summed E-state index contributed by atoms with van der Waals surface area (Å²) in [5.41, 5.74) is -0.279. The Morgan fingerprint density at radius 1 is 1.15 bits per heavy atom. The Hall–Kier alpha value is -2.08. The zero-order valence-electron chi connectivity index (χ0n) is 10.5. The number of halogens is 2. The van der Waals surface area contributed by atoms with Gasteiger partial charge in [-0.05, 0) is 42.7 Å². The summed E-state index contributed by atoms with van der Waals surface area (Å²) in [7, 11) is 0. The SMILES string of the molecule is CSc1ccc(Nc2c(F)cc(C(=O)O)cc2F)cc1. The zero-order chi connectivity index (χ0) is 14.7. The number of rotatable bonds is 4. The molecular weight excluding hydrogens is 284 g/mol. The monoisotopic (exact) mass is 295 g/mol. The Bertz CT molecular complexity index is 621. The van der Waals surface area contributed by atoms with Crippen molar-refractivity contribution >= 4 is 29.1 Å². The molecule has 6 heteroatoms. The molecular formula is C14H11F2NO2S. The Morgan fingerprint density at radius 2 is 1.70 bits per heavy atom. The van der Waals surface area contributed by atoms with Crippen LogP contribution in [0.2, 0.25) is 0 Å². The first-order chi connectivity index (χ1) is 9.51. The maximum atomic E-state index is 13.7. The van der Waals surface area contributed by atoms with Crippen LogP contribution in [0.3, 0.4) is 0 Å². The number of benzene rings is 2. The second kappa shape index (κ2) is 5.92. The van der Waals surface area contributed by atoms with Crippen LogP contribution in [0.5, 0.6) is 0 Å². The molecule has 0 radical (unpaired) electrons. The summed E-state index contributed by atoms with van der Waals surface area (Å²) in [4.78, 5) is 11.7. The van der Waals surface area contributed by atoms with Gasteiger partial charge in [0.1, 0.15) is 5.69 Å². The minimum Gasteiger partial charge on any atom is -0.478 e. The fourth-order valence-corrected chi connectivity index (χ4v) is 2.04. The van der Waals surface area contributed by atoms with E-state index in [1.165, 1.54) is 0 Å². The summed E-state index contributed by atoms with van der Waals surface area (Å²) in [6, 6.07) is 8.57. The summed E-state index contributed by atoms with van der Waals surface area (Å²) in [5, 5.41) is 11.3. The number of hydrogen-bond donors (Lipinski definition) is 2. The molecule has 0 heterocycles. The van der Waals surface area contributed by atoms with Gasteiger partial charge in [0.15, 0.2) is 11.6 Å². The Labute approximate surface area is 118 Å². The molecule has 0 aliphatic heterocycles. The van der Waals surface area contributed by atoms with Crippen molar-refractivity contribution in [2.24, 2.45) is 0 Å². The van der Waals surface area contributed by atoms with Crippen LogP contribution >= 0.6 is 11.8 Å². The smallest absolute Gasteiger partial charge is 0.335 e. The number of hydrogen-bond acceptors (Lipinski definition) is 3. The summed E-state index contributed by atoms with van der Waals surface area (Å²) in [5.74, 6) is -3.27. The van der Waals surface area contributed by atoms with Gasteiger partial charge in [-0.15, -0.1) is 11.8 Å². The minimum absolute atomic E-state index is 0.369. The van der Waals surface area contributed by atoms with E-state index in [1.807, 2.05) is 18.4 Å². The average molecular weight is 295 g/mol. The minimum atomic E-state index is -1.38. The largest absolute Gasteiger partial charge is 0.478 e. The Kier molecular flexibility index (Phi) is 4.24. The van der Waals surface area contributed by atoms with Gasteiger partial charge < -0.3 is 10.4 Å². The number of anilines is 2. The highest BCUT2D eigenvalue weighted by Gasteiger charge is 2.14. The first kappa shape index (κ1) is 14.3. The summed E-state index contributed by atoms with van der Waals surface area (Å²) in [6.07, 6.45) is 1.92. The van der Waals surface area contributed by atoms with E-state index >= 15 is 0 Å². The van der Waals surface area contributed by atoms with Gasteiger partial charge in [0, 0.05) is 10.6 Å². The normalized spacial score (nSPS) is 10.3. The molecule has 0 bridgehead atoms. The molecule has 0 unspecified atom stereocenters. The molecule has 0 aliphatic rings. The van der Waals surface area contributed by atoms with Gasteiger partial charge in [-0.2, -0.15) is 0 Å². The van der Waals surface area contributed by atoms with Gasteiger partial charge in [0.05, 0.1) is 5.56 Å². The summed E-state index contributed by atoms with van der Waals surface area (Å²) in [6.45, 7) is 0. The number of carboxylic acid groups (broad SMARTS) is 1. The van der Waals surface area contributed by atoms with Crippen LogP contribution in [0.25, 0.3) is 0 Å². The fourth-order valence-electron chi connectivity index (χ4n) is 1.63. The van der Waals surface area contributed by atoms with Crippen LogP contribution in [-0.4, -0.2) is 17.3 Å². The molecule has 0 saturated heterocycles. The third kappa shape index (κ3) is 3.08. The molecule has 0 aliphatic carbocycles. The molecule has 20 heavy (non-hydrogen) atoms. The van der Waals surface area contributed by atoms with E-state index < -0.39 is 23.2 Å². The lowest BCUT2D eigenvalue weighted by Crippen LogP contribution is -2.03. The van der Waals surface area contributed by atoms with Crippen molar-refractivity contribution in [2.75, 3.05) is 11.6 Å². The summed E-state index contributed by atoms with van der Waals surface area (Å²) < 4.78 is 27.5. The van der Waals surface area contributed by atoms with Crippen LogP contribution in [0, 0.1) is 11.6 Å². The molecule has 0 amide bonds. The molecule has 0 spiro atoms. The van der Waals surface area contributed by atoms with E-state index in [-0.39, 0.29) is 5.69 Å². The average Bonchev–Trinajstić information content (AvgIpc) is 2.43. The van der Waals surface area contributed by atoms with E-state index in [4.69, 9.17) is 5.11 Å². The maximum absolute atomic E-state index is 13.7. The molecule has 3 nitrogen and oxygen atoms in total. The van der Waals surface area contributed by atoms with Gasteiger partial charge >= 0.3 is 5.97 Å². The molecule has 0 saturated carbocycles. The van der Waals surface area contributed by atoms with Gasteiger partial charge in [-0.1, -0.05) is 0 Å². The maximum Gasteiger partial charge on any atom is 0.335 e. The van der Waals surface area contributed by atoms with E-state index in [9.17, 15) is 13.6 Å². The second-order valence-corrected chi connectivity index (χ2v) is 4.85. The van der Waals surface area contributed by atoms with Crippen molar-refractivity contribution in [1.29, 1.82) is 0 Å². The van der Waals surface area contributed by atoms with Gasteiger partial charge in [0.2, 0.25) is 0 Å². The van der Waals surface area contributed by atoms with Crippen LogP contribution in [-0.2, 0) is 0 Å². The molecule has 0 atom stereocenters. The van der Waals surface area contributed by atoms with Crippen LogP contribution in [0.15, 0.2) is 41.3 Å². The van der Waals surface area contributed by atoms with E-state index in [0.717, 1.165) is 17.0 Å². The highest BCUT2D eigenvalue weighted by molar-refractivity contribution is 7.98. The predicted octanol–water partition coefficient (Wildman–Crippen LogP) is 4.13. The van der Waals surface area contributed by atoms with Crippen molar-refractivity contribution < 1.29 is 18.7 Å². The lowest BCUT2D eigenvalue weighted by molar-refractivity contribution is 0.0696. The third-order valence-corrected chi connectivity index (χ3v) is 3.39. The molecule has 2 N–H and O–H groups in total. The fraction of sp³-hybridized carbons (Fsp3) is 0.0714. The predicted molar refractivity (Wildman–Crippen MR) is 74.8 cm³/mol. The highest BCUT2D eigenvalue weighted by Crippen LogP contribution is 2.26. The molecule has 2 rings (SSSR count). The number of aromatic carboxylic acids is 1. The van der Waals surface area contributed by atoms with Gasteiger partial charge in [0.25, 0.3) is 0 Å². The third-order valence-electron chi connectivity index (χ3n) is 2.65. The number of nitrogens with one attached hydrogen (secondary N) is 1. The van der Waals surface area contributed by atoms with Crippen molar-refractivity contribution in [3.05, 3.63) is 53.6 Å². The van der Waals surface area contributed by atoms with Crippen LogP contribution < -0.4 is 5.32 Å². The Morgan fingerprint density at radius 3 is 2.15 bits per heavy atom. The van der Waals surface area contributed by atoms with E-state index in [2.05, 4.69) is 5.32 Å². The van der Waals surface area contributed by atoms with E-state index in [1.54, 1.807) is 23.9 Å². The first-order valence-electron chi connectivity index (χ1n) is 5.64. The van der Waals surface area contributed by atoms with Gasteiger partial charge in [-0.3, -0.25) is 0 Å². The molecule has 0 fully saturated rings. The number of thioether (sulfide) groups is 1. The quantitative estimate of drug-likeness (QED) is 0.833.